The molecule has 26 heavy (non-hydrogen) atoms. The first-order chi connectivity index (χ1) is 12.6. The van der Waals surface area contributed by atoms with E-state index in [2.05, 4.69) is 0 Å². The highest BCUT2D eigenvalue weighted by atomic mass is 16.3. The number of nitrogens with zero attached hydrogens (tertiary/aromatic N) is 2. The van der Waals surface area contributed by atoms with Crippen molar-refractivity contribution < 1.29 is 14.7 Å². The summed E-state index contributed by atoms with van der Waals surface area (Å²) in [7, 11) is 0. The molecule has 1 N–H and O–H groups in total. The van der Waals surface area contributed by atoms with Crippen LogP contribution in [0.25, 0.3) is 0 Å². The van der Waals surface area contributed by atoms with E-state index in [9.17, 15) is 14.7 Å². The largest absolute Gasteiger partial charge is 0.392 e. The molecule has 5 heteroatoms. The number of carbonyl (C=O) groups is 2. The summed E-state index contributed by atoms with van der Waals surface area (Å²) >= 11 is 0. The fourth-order valence-electron chi connectivity index (χ4n) is 4.02. The van der Waals surface area contributed by atoms with E-state index in [1.165, 1.54) is 0 Å². The average molecular weight is 358 g/mol. The number of hydrogen-bond acceptors (Lipinski definition) is 3. The van der Waals surface area contributed by atoms with Gasteiger partial charge in [-0.05, 0) is 43.6 Å². The fraction of sp³-hybridized carbons (Fsp3) is 0.619. The Kier molecular flexibility index (Phi) is 6.67. The van der Waals surface area contributed by atoms with Crippen molar-refractivity contribution in [2.45, 2.75) is 51.0 Å². The quantitative estimate of drug-likeness (QED) is 0.878. The number of hydrogen-bond donors (Lipinski definition) is 1. The van der Waals surface area contributed by atoms with Crippen LogP contribution in [0.2, 0.25) is 0 Å². The Hall–Kier alpha value is -1.88. The van der Waals surface area contributed by atoms with Gasteiger partial charge in [-0.2, -0.15) is 0 Å². The van der Waals surface area contributed by atoms with Gasteiger partial charge in [0.2, 0.25) is 11.8 Å². The monoisotopic (exact) mass is 358 g/mol. The summed E-state index contributed by atoms with van der Waals surface area (Å²) in [5.74, 6) is 0.402. The van der Waals surface area contributed by atoms with E-state index in [0.29, 0.717) is 32.5 Å². The fourth-order valence-corrected chi connectivity index (χ4v) is 4.02. The number of aliphatic hydroxyl groups excluding tert-OH is 1. The molecule has 5 nitrogen and oxygen atoms in total. The second kappa shape index (κ2) is 9.17. The zero-order chi connectivity index (χ0) is 18.4. The second-order valence-corrected chi connectivity index (χ2v) is 7.60. The van der Waals surface area contributed by atoms with Crippen molar-refractivity contribution in [1.29, 1.82) is 0 Å². The first-order valence-corrected chi connectivity index (χ1v) is 9.91. The summed E-state index contributed by atoms with van der Waals surface area (Å²) in [6.07, 6.45) is 5.54. The van der Waals surface area contributed by atoms with Gasteiger partial charge in [0, 0.05) is 26.1 Å². The Morgan fingerprint density at radius 3 is 2.54 bits per heavy atom. The topological polar surface area (TPSA) is 60.9 Å². The summed E-state index contributed by atoms with van der Waals surface area (Å²) in [6.45, 7) is 2.28. The SMILES string of the molecule is O=C(CN1CCCCCC1=O)N1CCC([C@H](O)Cc2ccccc2)CC1. The number of amides is 2. The number of rotatable bonds is 5. The Balaban J connectivity index is 1.45. The summed E-state index contributed by atoms with van der Waals surface area (Å²) in [5.41, 5.74) is 1.15. The third-order valence-corrected chi connectivity index (χ3v) is 5.72. The van der Waals surface area contributed by atoms with Crippen molar-refractivity contribution >= 4 is 11.8 Å². The molecule has 0 saturated carbocycles. The molecule has 2 aliphatic rings. The zero-order valence-corrected chi connectivity index (χ0v) is 15.5. The lowest BCUT2D eigenvalue weighted by atomic mass is 9.88. The number of carbonyl (C=O) groups excluding carboxylic acids is 2. The molecule has 0 radical (unpaired) electrons. The van der Waals surface area contributed by atoms with Crippen molar-refractivity contribution in [3.8, 4) is 0 Å². The lowest BCUT2D eigenvalue weighted by molar-refractivity contribution is -0.141. The molecule has 142 valence electrons. The molecule has 0 aromatic heterocycles. The summed E-state index contributed by atoms with van der Waals surface area (Å²) < 4.78 is 0. The molecule has 0 aliphatic carbocycles. The van der Waals surface area contributed by atoms with Crippen LogP contribution in [0, 0.1) is 5.92 Å². The highest BCUT2D eigenvalue weighted by Gasteiger charge is 2.29. The van der Waals surface area contributed by atoms with E-state index in [1.54, 1.807) is 4.90 Å². The van der Waals surface area contributed by atoms with Crippen LogP contribution in [0.4, 0.5) is 0 Å². The van der Waals surface area contributed by atoms with E-state index < -0.39 is 0 Å². The van der Waals surface area contributed by atoms with Crippen LogP contribution in [0.15, 0.2) is 30.3 Å². The maximum Gasteiger partial charge on any atom is 0.242 e. The molecular formula is C21H30N2O3. The predicted molar refractivity (Wildman–Crippen MR) is 101 cm³/mol. The van der Waals surface area contributed by atoms with Gasteiger partial charge < -0.3 is 14.9 Å². The van der Waals surface area contributed by atoms with Crippen molar-refractivity contribution in [1.82, 2.24) is 9.80 Å². The highest BCUT2D eigenvalue weighted by Crippen LogP contribution is 2.23. The number of aliphatic hydroxyl groups is 1. The molecule has 1 aromatic carbocycles. The second-order valence-electron chi connectivity index (χ2n) is 7.60. The van der Waals surface area contributed by atoms with E-state index in [0.717, 1.165) is 37.7 Å². The van der Waals surface area contributed by atoms with Crippen LogP contribution >= 0.6 is 0 Å². The van der Waals surface area contributed by atoms with E-state index in [4.69, 9.17) is 0 Å². The minimum Gasteiger partial charge on any atom is -0.392 e. The van der Waals surface area contributed by atoms with E-state index in [1.807, 2.05) is 35.2 Å². The molecule has 2 fully saturated rings. The average Bonchev–Trinajstić information content (AvgIpc) is 2.87. The van der Waals surface area contributed by atoms with Gasteiger partial charge in [-0.3, -0.25) is 9.59 Å². The highest BCUT2D eigenvalue weighted by molar-refractivity contribution is 5.85. The van der Waals surface area contributed by atoms with Crippen molar-refractivity contribution in [2.75, 3.05) is 26.2 Å². The summed E-state index contributed by atoms with van der Waals surface area (Å²) in [4.78, 5) is 28.2. The van der Waals surface area contributed by atoms with E-state index in [-0.39, 0.29) is 30.4 Å². The van der Waals surface area contributed by atoms with Gasteiger partial charge in [-0.15, -0.1) is 0 Å². The van der Waals surface area contributed by atoms with Crippen LogP contribution in [0.3, 0.4) is 0 Å². The lowest BCUT2D eigenvalue weighted by Crippen LogP contribution is -2.47. The molecule has 2 heterocycles. The third kappa shape index (κ3) is 5.07. The number of likely N-dealkylation sites (tertiary alicyclic amines) is 2. The van der Waals surface area contributed by atoms with E-state index >= 15 is 0 Å². The Bertz CT molecular complexity index is 597. The number of piperidine rings is 1. The lowest BCUT2D eigenvalue weighted by Gasteiger charge is -2.35. The van der Waals surface area contributed by atoms with Gasteiger partial charge >= 0.3 is 0 Å². The third-order valence-electron chi connectivity index (χ3n) is 5.72. The van der Waals surface area contributed by atoms with Crippen LogP contribution in [0.1, 0.15) is 44.1 Å². The Morgan fingerprint density at radius 1 is 1.08 bits per heavy atom. The summed E-state index contributed by atoms with van der Waals surface area (Å²) in [5, 5.41) is 10.5. The van der Waals surface area contributed by atoms with Crippen molar-refractivity contribution in [3.05, 3.63) is 35.9 Å². The molecule has 0 spiro atoms. The van der Waals surface area contributed by atoms with Gasteiger partial charge in [0.1, 0.15) is 0 Å². The molecular weight excluding hydrogens is 328 g/mol. The van der Waals surface area contributed by atoms with Crippen molar-refractivity contribution in [3.63, 3.8) is 0 Å². The molecule has 0 bridgehead atoms. The summed E-state index contributed by atoms with van der Waals surface area (Å²) in [6, 6.07) is 10.1. The minimum atomic E-state index is -0.359. The molecule has 0 unspecified atom stereocenters. The number of benzene rings is 1. The maximum absolute atomic E-state index is 12.6. The van der Waals surface area contributed by atoms with Crippen LogP contribution in [0.5, 0.6) is 0 Å². The Morgan fingerprint density at radius 2 is 1.81 bits per heavy atom. The zero-order valence-electron chi connectivity index (χ0n) is 15.5. The molecule has 1 aromatic rings. The molecule has 2 saturated heterocycles. The van der Waals surface area contributed by atoms with Crippen LogP contribution < -0.4 is 0 Å². The first-order valence-electron chi connectivity index (χ1n) is 9.91. The standard InChI is InChI=1S/C21H30N2O3/c24-19(15-17-7-3-1-4-8-17)18-10-13-22(14-11-18)21(26)16-23-12-6-2-5-9-20(23)25/h1,3-4,7-8,18-19,24H,2,5-6,9-16H2/t19-/m1/s1. The molecule has 2 amide bonds. The maximum atomic E-state index is 12.6. The van der Waals surface area contributed by atoms with Gasteiger partial charge in [0.15, 0.2) is 0 Å². The first kappa shape index (κ1) is 18.9. The molecule has 1 atom stereocenters. The van der Waals surface area contributed by atoms with Crippen LogP contribution in [-0.4, -0.2) is 59.0 Å². The van der Waals surface area contributed by atoms with Gasteiger partial charge in [-0.1, -0.05) is 36.8 Å². The Labute approximate surface area is 156 Å². The van der Waals surface area contributed by atoms with Gasteiger partial charge in [-0.25, -0.2) is 0 Å². The predicted octanol–water partition coefficient (Wildman–Crippen LogP) is 2.23. The molecule has 3 rings (SSSR count). The van der Waals surface area contributed by atoms with Crippen molar-refractivity contribution in [2.24, 2.45) is 5.92 Å². The normalized spacial score (nSPS) is 20.7. The molecule has 2 aliphatic heterocycles. The van der Waals surface area contributed by atoms with Gasteiger partial charge in [0.05, 0.1) is 12.6 Å². The smallest absolute Gasteiger partial charge is 0.242 e. The van der Waals surface area contributed by atoms with Crippen LogP contribution in [-0.2, 0) is 16.0 Å². The van der Waals surface area contributed by atoms with Gasteiger partial charge in [0.25, 0.3) is 0 Å². The minimum absolute atomic E-state index is 0.0521.